The van der Waals surface area contributed by atoms with Gasteiger partial charge in [0.2, 0.25) is 0 Å². The number of nitrogens with zero attached hydrogens (tertiary/aromatic N) is 1. The maximum Gasteiger partial charge on any atom is 0.0108 e. The first kappa shape index (κ1) is 17.3. The van der Waals surface area contributed by atoms with Gasteiger partial charge in [-0.25, -0.2) is 0 Å². The molecule has 2 nitrogen and oxygen atoms in total. The summed E-state index contributed by atoms with van der Waals surface area (Å²) in [6.07, 6.45) is 6.81. The molecule has 2 fully saturated rings. The van der Waals surface area contributed by atoms with Gasteiger partial charge >= 0.3 is 0 Å². The van der Waals surface area contributed by atoms with Crippen LogP contribution in [0.3, 0.4) is 0 Å². The highest BCUT2D eigenvalue weighted by Crippen LogP contribution is 2.39. The highest BCUT2D eigenvalue weighted by molar-refractivity contribution is 4.91. The van der Waals surface area contributed by atoms with Gasteiger partial charge in [0, 0.05) is 19.1 Å². The summed E-state index contributed by atoms with van der Waals surface area (Å²) >= 11 is 0. The van der Waals surface area contributed by atoms with Crippen molar-refractivity contribution in [2.75, 3.05) is 26.2 Å². The average Bonchev–Trinajstić information content (AvgIpc) is 2.41. The minimum absolute atomic E-state index is 0.545. The lowest BCUT2D eigenvalue weighted by Crippen LogP contribution is -2.50. The molecule has 124 valence electrons. The molecule has 21 heavy (non-hydrogen) atoms. The van der Waals surface area contributed by atoms with E-state index in [9.17, 15) is 0 Å². The van der Waals surface area contributed by atoms with Crippen molar-refractivity contribution >= 4 is 0 Å². The molecule has 4 unspecified atom stereocenters. The van der Waals surface area contributed by atoms with E-state index < -0.39 is 0 Å². The first-order valence-corrected chi connectivity index (χ1v) is 9.37. The Kier molecular flexibility index (Phi) is 6.14. The Hall–Kier alpha value is -0.0800. The van der Waals surface area contributed by atoms with Gasteiger partial charge in [0.25, 0.3) is 0 Å². The Labute approximate surface area is 133 Å². The molecule has 2 aliphatic rings. The number of hydrogen-bond donors (Lipinski definition) is 1. The van der Waals surface area contributed by atoms with Crippen molar-refractivity contribution in [3.63, 3.8) is 0 Å². The molecule has 4 atom stereocenters. The van der Waals surface area contributed by atoms with E-state index in [1.54, 1.807) is 0 Å². The van der Waals surface area contributed by atoms with Gasteiger partial charge in [-0.15, -0.1) is 0 Å². The molecular formula is C19H38N2. The fraction of sp³-hybridized carbons (Fsp3) is 1.00. The number of nitrogens with one attached hydrogen (secondary N) is 1. The fourth-order valence-corrected chi connectivity index (χ4v) is 4.37. The molecule has 1 aliphatic heterocycles. The molecule has 1 heterocycles. The van der Waals surface area contributed by atoms with Gasteiger partial charge in [0.1, 0.15) is 0 Å². The Morgan fingerprint density at radius 3 is 2.57 bits per heavy atom. The van der Waals surface area contributed by atoms with Gasteiger partial charge in [-0.05, 0) is 68.4 Å². The van der Waals surface area contributed by atoms with E-state index in [4.69, 9.17) is 0 Å². The van der Waals surface area contributed by atoms with Crippen molar-refractivity contribution in [3.8, 4) is 0 Å². The topological polar surface area (TPSA) is 15.3 Å². The van der Waals surface area contributed by atoms with Crippen LogP contribution in [0.4, 0.5) is 0 Å². The van der Waals surface area contributed by atoms with Crippen LogP contribution in [0, 0.1) is 23.2 Å². The lowest BCUT2D eigenvalue weighted by atomic mass is 9.69. The van der Waals surface area contributed by atoms with Crippen molar-refractivity contribution in [1.29, 1.82) is 0 Å². The largest absolute Gasteiger partial charge is 0.314 e. The second kappa shape index (κ2) is 7.46. The maximum absolute atomic E-state index is 3.84. The van der Waals surface area contributed by atoms with E-state index in [-0.39, 0.29) is 0 Å². The van der Waals surface area contributed by atoms with E-state index >= 15 is 0 Å². The SMILES string of the molecule is CCCNC1CCC(C)(C)CC1CN1CCC(C)C(C)C1. The normalized spacial score (nSPS) is 37.6. The molecule has 0 radical (unpaired) electrons. The van der Waals surface area contributed by atoms with Crippen LogP contribution in [0.2, 0.25) is 0 Å². The van der Waals surface area contributed by atoms with Gasteiger partial charge in [-0.1, -0.05) is 34.6 Å². The quantitative estimate of drug-likeness (QED) is 0.819. The highest BCUT2D eigenvalue weighted by atomic mass is 15.1. The van der Waals surface area contributed by atoms with Gasteiger partial charge < -0.3 is 10.2 Å². The van der Waals surface area contributed by atoms with Crippen LogP contribution in [0.5, 0.6) is 0 Å². The molecule has 0 aromatic heterocycles. The monoisotopic (exact) mass is 294 g/mol. The molecule has 0 bridgehead atoms. The van der Waals surface area contributed by atoms with Crippen LogP contribution in [-0.4, -0.2) is 37.1 Å². The van der Waals surface area contributed by atoms with Crippen LogP contribution in [0.25, 0.3) is 0 Å². The molecule has 1 aliphatic carbocycles. The molecule has 2 rings (SSSR count). The number of piperidine rings is 1. The zero-order valence-electron chi connectivity index (χ0n) is 15.1. The molecule has 1 saturated carbocycles. The van der Waals surface area contributed by atoms with E-state index in [0.717, 1.165) is 23.8 Å². The summed E-state index contributed by atoms with van der Waals surface area (Å²) in [5.41, 5.74) is 0.545. The zero-order valence-corrected chi connectivity index (χ0v) is 15.1. The van der Waals surface area contributed by atoms with Crippen LogP contribution in [0.15, 0.2) is 0 Å². The molecule has 0 aromatic carbocycles. The third-order valence-electron chi connectivity index (χ3n) is 6.08. The van der Waals surface area contributed by atoms with Crippen LogP contribution < -0.4 is 5.32 Å². The Morgan fingerprint density at radius 2 is 1.90 bits per heavy atom. The molecule has 1 N–H and O–H groups in total. The molecule has 0 aromatic rings. The smallest absolute Gasteiger partial charge is 0.0108 e. The van der Waals surface area contributed by atoms with Crippen LogP contribution >= 0.6 is 0 Å². The Morgan fingerprint density at radius 1 is 1.14 bits per heavy atom. The van der Waals surface area contributed by atoms with Crippen molar-refractivity contribution < 1.29 is 0 Å². The first-order chi connectivity index (χ1) is 9.91. The molecule has 2 heteroatoms. The van der Waals surface area contributed by atoms with E-state index in [0.29, 0.717) is 5.41 Å². The molecule has 1 saturated heterocycles. The van der Waals surface area contributed by atoms with E-state index in [2.05, 4.69) is 44.8 Å². The van der Waals surface area contributed by atoms with Gasteiger partial charge in [0.05, 0.1) is 0 Å². The zero-order chi connectivity index (χ0) is 15.5. The summed E-state index contributed by atoms with van der Waals surface area (Å²) in [7, 11) is 0. The van der Waals surface area contributed by atoms with Crippen molar-refractivity contribution in [2.24, 2.45) is 23.2 Å². The van der Waals surface area contributed by atoms with Gasteiger partial charge in [-0.3, -0.25) is 0 Å². The summed E-state index contributed by atoms with van der Waals surface area (Å²) in [5, 5.41) is 3.84. The minimum Gasteiger partial charge on any atom is -0.314 e. The average molecular weight is 295 g/mol. The van der Waals surface area contributed by atoms with Crippen molar-refractivity contribution in [3.05, 3.63) is 0 Å². The highest BCUT2D eigenvalue weighted by Gasteiger charge is 2.36. The molecular weight excluding hydrogens is 256 g/mol. The summed E-state index contributed by atoms with van der Waals surface area (Å²) in [5.74, 6) is 2.64. The predicted octanol–water partition coefficient (Wildman–Crippen LogP) is 4.16. The third-order valence-corrected chi connectivity index (χ3v) is 6.08. The van der Waals surface area contributed by atoms with E-state index in [1.165, 1.54) is 58.3 Å². The number of rotatable bonds is 5. The summed E-state index contributed by atoms with van der Waals surface area (Å²) in [6.45, 7) is 17.2. The molecule has 0 amide bonds. The number of likely N-dealkylation sites (tertiary alicyclic amines) is 1. The Bertz CT molecular complexity index is 313. The fourth-order valence-electron chi connectivity index (χ4n) is 4.37. The van der Waals surface area contributed by atoms with E-state index in [1.807, 2.05) is 0 Å². The molecule has 0 spiro atoms. The first-order valence-electron chi connectivity index (χ1n) is 9.37. The van der Waals surface area contributed by atoms with Gasteiger partial charge in [0.15, 0.2) is 0 Å². The summed E-state index contributed by atoms with van der Waals surface area (Å²) < 4.78 is 0. The van der Waals surface area contributed by atoms with Crippen molar-refractivity contribution in [1.82, 2.24) is 10.2 Å². The standard InChI is InChI=1S/C19H38N2/c1-6-10-20-18-7-9-19(4,5)12-17(18)14-21-11-8-15(2)16(3)13-21/h15-18,20H,6-14H2,1-5H3. The number of hydrogen-bond acceptors (Lipinski definition) is 2. The maximum atomic E-state index is 3.84. The second-order valence-corrected chi connectivity index (χ2v) is 8.73. The predicted molar refractivity (Wildman–Crippen MR) is 92.6 cm³/mol. The van der Waals surface area contributed by atoms with Gasteiger partial charge in [-0.2, -0.15) is 0 Å². The van der Waals surface area contributed by atoms with Crippen LogP contribution in [-0.2, 0) is 0 Å². The third kappa shape index (κ3) is 4.96. The van der Waals surface area contributed by atoms with Crippen molar-refractivity contribution in [2.45, 2.75) is 72.8 Å². The second-order valence-electron chi connectivity index (χ2n) is 8.73. The summed E-state index contributed by atoms with van der Waals surface area (Å²) in [6, 6.07) is 0.757. The Balaban J connectivity index is 1.92. The summed E-state index contributed by atoms with van der Waals surface area (Å²) in [4.78, 5) is 2.76. The lowest BCUT2D eigenvalue weighted by Gasteiger charge is -2.45. The lowest BCUT2D eigenvalue weighted by molar-refractivity contribution is 0.0682. The minimum atomic E-state index is 0.545. The van der Waals surface area contributed by atoms with Crippen LogP contribution in [0.1, 0.15) is 66.7 Å².